The highest BCUT2D eigenvalue weighted by molar-refractivity contribution is 6.22. The number of rotatable bonds is 2. The molecular formula is C38H22O2. The standard InChI is InChI=1S/C38H22O2/c1-2-10-24-19-25(18-17-23(24)9-1)37-28-12-3-5-14-30(28)38(31-15-6-4-13-29(31)37)36-21-26-20-35-32(22-34(26)40-36)27-11-7-8-16-33(27)39-35/h1-22H/i1D,2D,3D,4D,5D,6D,9D,10D,12D,13D,14D,15D,17D,18D,19D. The van der Waals surface area contributed by atoms with Crippen molar-refractivity contribution in [3.63, 3.8) is 0 Å². The fourth-order valence-electron chi connectivity index (χ4n) is 5.41. The molecule has 0 radical (unpaired) electrons. The number of benzene rings is 7. The van der Waals surface area contributed by atoms with E-state index in [1.54, 1.807) is 18.2 Å². The normalized spacial score (nSPS) is 17.2. The molecule has 0 saturated carbocycles. The highest BCUT2D eigenvalue weighted by atomic mass is 16.3. The monoisotopic (exact) mass is 525 g/mol. The van der Waals surface area contributed by atoms with Crippen LogP contribution >= 0.6 is 0 Å². The molecule has 0 bridgehead atoms. The minimum atomic E-state index is -0.753. The Morgan fingerprint density at radius 2 is 1.12 bits per heavy atom. The number of hydrogen-bond acceptors (Lipinski definition) is 2. The molecule has 2 aromatic heterocycles. The summed E-state index contributed by atoms with van der Waals surface area (Å²) in [6.45, 7) is 0. The lowest BCUT2D eigenvalue weighted by Gasteiger charge is -2.16. The second kappa shape index (κ2) is 8.08. The van der Waals surface area contributed by atoms with Crippen molar-refractivity contribution in [2.24, 2.45) is 0 Å². The summed E-state index contributed by atoms with van der Waals surface area (Å²) in [5, 5.41) is -0.0165. The van der Waals surface area contributed by atoms with E-state index < -0.39 is 113 Å². The Hall–Kier alpha value is -5.34. The van der Waals surface area contributed by atoms with E-state index in [9.17, 15) is 6.85 Å². The van der Waals surface area contributed by atoms with Crippen LogP contribution in [0.4, 0.5) is 0 Å². The highest BCUT2D eigenvalue weighted by Crippen LogP contribution is 2.45. The number of para-hydroxylation sites is 1. The SMILES string of the molecule is [2H]c1c([2H])c([2H])c2c([2H])c(-c3c4c([2H])c([2H])c([2H])c([2H])c4c(-c4cc5cc6oc7ccccc7c6cc5o4)c4c([2H])c([2H])c([2H])c([2H])c34)c([2H])c([2H])c2c1[2H]. The fourth-order valence-corrected chi connectivity index (χ4v) is 5.41. The maximum absolute atomic E-state index is 9.35. The quantitative estimate of drug-likeness (QED) is 0.210. The van der Waals surface area contributed by atoms with Crippen molar-refractivity contribution in [1.82, 2.24) is 0 Å². The smallest absolute Gasteiger partial charge is 0.136 e. The molecule has 9 aromatic rings. The Balaban J connectivity index is 1.54. The van der Waals surface area contributed by atoms with Gasteiger partial charge in [-0.25, -0.2) is 0 Å². The number of hydrogen-bond donors (Lipinski definition) is 0. The molecular weight excluding hydrogens is 488 g/mol. The van der Waals surface area contributed by atoms with E-state index in [0.29, 0.717) is 22.1 Å². The van der Waals surface area contributed by atoms with E-state index in [-0.39, 0.29) is 32.9 Å². The summed E-state index contributed by atoms with van der Waals surface area (Å²) in [4.78, 5) is 0. The van der Waals surface area contributed by atoms with Crippen LogP contribution in [-0.2, 0) is 0 Å². The van der Waals surface area contributed by atoms with Crippen LogP contribution in [0.2, 0.25) is 0 Å². The molecule has 0 spiro atoms. The average molecular weight is 526 g/mol. The molecule has 9 rings (SSSR count). The van der Waals surface area contributed by atoms with Gasteiger partial charge in [0.15, 0.2) is 0 Å². The third-order valence-corrected chi connectivity index (χ3v) is 7.14. The van der Waals surface area contributed by atoms with Crippen LogP contribution in [0, 0.1) is 0 Å². The highest BCUT2D eigenvalue weighted by Gasteiger charge is 2.20. The Bertz CT molecular complexity index is 3190. The van der Waals surface area contributed by atoms with Gasteiger partial charge in [0.1, 0.15) is 22.5 Å². The molecule has 2 nitrogen and oxygen atoms in total. The molecule has 0 unspecified atom stereocenters. The number of furan rings is 2. The van der Waals surface area contributed by atoms with E-state index in [0.717, 1.165) is 10.8 Å². The summed E-state index contributed by atoms with van der Waals surface area (Å²) in [5.41, 5.74) is 0.485. The third-order valence-electron chi connectivity index (χ3n) is 7.14. The van der Waals surface area contributed by atoms with Crippen LogP contribution in [-0.4, -0.2) is 0 Å². The predicted molar refractivity (Wildman–Crippen MR) is 167 cm³/mol. The lowest BCUT2D eigenvalue weighted by atomic mass is 9.87. The Morgan fingerprint density at radius 3 is 1.90 bits per heavy atom. The molecule has 0 N–H and O–H groups in total. The van der Waals surface area contributed by atoms with Crippen molar-refractivity contribution in [2.75, 3.05) is 0 Å². The van der Waals surface area contributed by atoms with Crippen LogP contribution < -0.4 is 0 Å². The van der Waals surface area contributed by atoms with Crippen molar-refractivity contribution in [1.29, 1.82) is 0 Å². The van der Waals surface area contributed by atoms with Gasteiger partial charge in [0, 0.05) is 21.7 Å². The maximum Gasteiger partial charge on any atom is 0.136 e. The molecule has 0 aliphatic heterocycles. The van der Waals surface area contributed by atoms with Gasteiger partial charge in [-0.15, -0.1) is 0 Å². The molecule has 2 heteroatoms. The fraction of sp³-hybridized carbons (Fsp3) is 0. The van der Waals surface area contributed by atoms with Gasteiger partial charge in [-0.1, -0.05) is 103 Å². The molecule has 186 valence electrons. The first kappa shape index (κ1) is 11.8. The van der Waals surface area contributed by atoms with E-state index in [1.165, 1.54) is 0 Å². The second-order valence-corrected chi connectivity index (χ2v) is 9.35. The molecule has 0 aliphatic rings. The van der Waals surface area contributed by atoms with Gasteiger partial charge in [-0.05, 0) is 73.8 Å². The first-order valence-corrected chi connectivity index (χ1v) is 12.4. The summed E-state index contributed by atoms with van der Waals surface area (Å²) in [6, 6.07) is 2.10. The lowest BCUT2D eigenvalue weighted by Crippen LogP contribution is -1.90. The van der Waals surface area contributed by atoms with Crippen molar-refractivity contribution in [2.45, 2.75) is 0 Å². The summed E-state index contributed by atoms with van der Waals surface area (Å²) in [5.74, 6) is -0.0189. The summed E-state index contributed by atoms with van der Waals surface area (Å²) in [6.07, 6.45) is 0. The van der Waals surface area contributed by atoms with Crippen molar-refractivity contribution >= 4 is 65.2 Å². The van der Waals surface area contributed by atoms with Gasteiger partial charge in [-0.2, -0.15) is 0 Å². The predicted octanol–water partition coefficient (Wildman–Crippen LogP) is 11.1. The van der Waals surface area contributed by atoms with Crippen molar-refractivity contribution < 1.29 is 29.4 Å². The molecule has 0 amide bonds. The molecule has 7 aromatic carbocycles. The van der Waals surface area contributed by atoms with Gasteiger partial charge < -0.3 is 8.83 Å². The summed E-state index contributed by atoms with van der Waals surface area (Å²) in [7, 11) is 0. The summed E-state index contributed by atoms with van der Waals surface area (Å²) < 4.78 is 145. The number of fused-ring (bicyclic) bond motifs is 7. The first-order valence-electron chi connectivity index (χ1n) is 19.9. The Morgan fingerprint density at radius 1 is 0.450 bits per heavy atom. The van der Waals surface area contributed by atoms with Gasteiger partial charge in [0.2, 0.25) is 0 Å². The second-order valence-electron chi connectivity index (χ2n) is 9.35. The molecule has 0 atom stereocenters. The van der Waals surface area contributed by atoms with Crippen molar-refractivity contribution in [3.8, 4) is 22.5 Å². The van der Waals surface area contributed by atoms with Gasteiger partial charge >= 0.3 is 0 Å². The molecule has 0 fully saturated rings. The summed E-state index contributed by atoms with van der Waals surface area (Å²) >= 11 is 0. The molecule has 0 saturated heterocycles. The topological polar surface area (TPSA) is 26.3 Å². The Kier molecular flexibility index (Phi) is 2.39. The Labute approximate surface area is 250 Å². The third kappa shape index (κ3) is 3.05. The molecule has 40 heavy (non-hydrogen) atoms. The van der Waals surface area contributed by atoms with Gasteiger partial charge in [-0.3, -0.25) is 0 Å². The van der Waals surface area contributed by atoms with Gasteiger partial charge in [0.05, 0.1) is 20.6 Å². The lowest BCUT2D eigenvalue weighted by molar-refractivity contribution is 0.633. The van der Waals surface area contributed by atoms with Crippen LogP contribution in [0.1, 0.15) is 20.6 Å². The molecule has 0 aliphatic carbocycles. The minimum absolute atomic E-state index is 0.0189. The van der Waals surface area contributed by atoms with Crippen LogP contribution in [0.3, 0.4) is 0 Å². The van der Waals surface area contributed by atoms with Crippen LogP contribution in [0.5, 0.6) is 0 Å². The van der Waals surface area contributed by atoms with Crippen LogP contribution in [0.15, 0.2) is 142 Å². The maximum atomic E-state index is 9.35. The van der Waals surface area contributed by atoms with Gasteiger partial charge in [0.25, 0.3) is 0 Å². The van der Waals surface area contributed by atoms with E-state index >= 15 is 0 Å². The minimum Gasteiger partial charge on any atom is -0.456 e. The zero-order valence-electron chi connectivity index (χ0n) is 35.4. The molecule has 2 heterocycles. The first-order chi connectivity index (χ1) is 26.1. The average Bonchev–Trinajstić information content (AvgIpc) is 3.75. The van der Waals surface area contributed by atoms with E-state index in [1.807, 2.05) is 24.3 Å². The van der Waals surface area contributed by atoms with Crippen molar-refractivity contribution in [3.05, 3.63) is 133 Å². The zero-order valence-corrected chi connectivity index (χ0v) is 20.4. The van der Waals surface area contributed by atoms with E-state index in [4.69, 9.17) is 22.5 Å². The van der Waals surface area contributed by atoms with Crippen LogP contribution in [0.25, 0.3) is 87.7 Å². The van der Waals surface area contributed by atoms with E-state index in [2.05, 4.69) is 0 Å². The zero-order chi connectivity index (χ0) is 39.3. The largest absolute Gasteiger partial charge is 0.456 e.